The van der Waals surface area contributed by atoms with Crippen molar-refractivity contribution in [2.24, 2.45) is 5.73 Å². The Balaban J connectivity index is 1.95. The van der Waals surface area contributed by atoms with Crippen LogP contribution >= 0.6 is 0 Å². The van der Waals surface area contributed by atoms with Gasteiger partial charge in [-0.1, -0.05) is 43.5 Å². The highest BCUT2D eigenvalue weighted by Gasteiger charge is 2.15. The van der Waals surface area contributed by atoms with Gasteiger partial charge in [0.25, 0.3) is 0 Å². The predicted octanol–water partition coefficient (Wildman–Crippen LogP) is 4.02. The lowest BCUT2D eigenvalue weighted by Crippen LogP contribution is -2.05. The van der Waals surface area contributed by atoms with E-state index in [1.807, 2.05) is 0 Å². The molecule has 1 nitrogen and oxygen atoms in total. The molecule has 17 heavy (non-hydrogen) atoms. The van der Waals surface area contributed by atoms with Crippen LogP contribution in [-0.4, -0.2) is 6.54 Å². The van der Waals surface area contributed by atoms with Crippen LogP contribution in [0.15, 0.2) is 24.3 Å². The molecular formula is C16H25N. The van der Waals surface area contributed by atoms with Gasteiger partial charge in [0.15, 0.2) is 0 Å². The van der Waals surface area contributed by atoms with E-state index >= 15 is 0 Å². The first-order chi connectivity index (χ1) is 8.40. The van der Waals surface area contributed by atoms with Gasteiger partial charge in [-0.15, -0.1) is 0 Å². The number of aryl methyl sites for hydroxylation is 1. The van der Waals surface area contributed by atoms with Crippen molar-refractivity contribution in [1.29, 1.82) is 0 Å². The standard InChI is InChI=1S/C16H25N/c17-12-5-4-7-14-8-6-11-16(13-14)15-9-2-1-3-10-15/h6,8,11,13,15H,1-5,7,9-10,12,17H2. The molecule has 2 rings (SSSR count). The van der Waals surface area contributed by atoms with E-state index in [1.165, 1.54) is 50.5 Å². The summed E-state index contributed by atoms with van der Waals surface area (Å²) >= 11 is 0. The molecule has 1 aromatic carbocycles. The first-order valence-electron chi connectivity index (χ1n) is 7.19. The molecule has 1 saturated carbocycles. The molecule has 0 bridgehead atoms. The van der Waals surface area contributed by atoms with Crippen LogP contribution in [-0.2, 0) is 6.42 Å². The van der Waals surface area contributed by atoms with Crippen LogP contribution in [0.5, 0.6) is 0 Å². The van der Waals surface area contributed by atoms with Crippen LogP contribution < -0.4 is 5.73 Å². The summed E-state index contributed by atoms with van der Waals surface area (Å²) in [6, 6.07) is 9.26. The normalized spacial score (nSPS) is 17.2. The minimum Gasteiger partial charge on any atom is -0.330 e. The third-order valence-corrected chi connectivity index (χ3v) is 3.95. The Bertz CT molecular complexity index is 326. The lowest BCUT2D eigenvalue weighted by atomic mass is 9.83. The molecule has 0 aliphatic heterocycles. The summed E-state index contributed by atoms with van der Waals surface area (Å²) < 4.78 is 0. The number of hydrogen-bond acceptors (Lipinski definition) is 1. The highest BCUT2D eigenvalue weighted by molar-refractivity contribution is 5.26. The molecule has 0 heterocycles. The summed E-state index contributed by atoms with van der Waals surface area (Å²) in [6.07, 6.45) is 10.6. The smallest absolute Gasteiger partial charge is 0.00772 e. The van der Waals surface area contributed by atoms with Crippen molar-refractivity contribution in [2.75, 3.05) is 6.54 Å². The van der Waals surface area contributed by atoms with E-state index in [2.05, 4.69) is 24.3 Å². The highest BCUT2D eigenvalue weighted by atomic mass is 14.5. The predicted molar refractivity (Wildman–Crippen MR) is 74.3 cm³/mol. The van der Waals surface area contributed by atoms with Gasteiger partial charge in [-0.05, 0) is 55.7 Å². The third kappa shape index (κ3) is 3.85. The molecule has 0 atom stereocenters. The molecular weight excluding hydrogens is 206 g/mol. The maximum absolute atomic E-state index is 5.54. The van der Waals surface area contributed by atoms with E-state index in [0.717, 1.165) is 18.9 Å². The molecule has 0 radical (unpaired) electrons. The maximum Gasteiger partial charge on any atom is -0.00772 e. The van der Waals surface area contributed by atoms with Crippen LogP contribution in [0.2, 0.25) is 0 Å². The minimum absolute atomic E-state index is 0.822. The zero-order chi connectivity index (χ0) is 11.9. The summed E-state index contributed by atoms with van der Waals surface area (Å²) in [4.78, 5) is 0. The van der Waals surface area contributed by atoms with Gasteiger partial charge in [0.1, 0.15) is 0 Å². The molecule has 1 aliphatic carbocycles. The van der Waals surface area contributed by atoms with E-state index in [4.69, 9.17) is 5.73 Å². The van der Waals surface area contributed by atoms with Crippen LogP contribution in [0.3, 0.4) is 0 Å². The third-order valence-electron chi connectivity index (χ3n) is 3.95. The first kappa shape index (κ1) is 12.6. The zero-order valence-corrected chi connectivity index (χ0v) is 10.8. The molecule has 1 heteroatoms. The van der Waals surface area contributed by atoms with Gasteiger partial charge < -0.3 is 5.73 Å². The van der Waals surface area contributed by atoms with Crippen molar-refractivity contribution in [1.82, 2.24) is 0 Å². The van der Waals surface area contributed by atoms with Crippen LogP contribution in [0, 0.1) is 0 Å². The second-order valence-electron chi connectivity index (χ2n) is 5.33. The summed E-state index contributed by atoms with van der Waals surface area (Å²) in [7, 11) is 0. The molecule has 1 fully saturated rings. The molecule has 1 aromatic rings. The first-order valence-corrected chi connectivity index (χ1v) is 7.19. The maximum atomic E-state index is 5.54. The van der Waals surface area contributed by atoms with E-state index in [-0.39, 0.29) is 0 Å². The van der Waals surface area contributed by atoms with Crippen LogP contribution in [0.25, 0.3) is 0 Å². The largest absolute Gasteiger partial charge is 0.330 e. The van der Waals surface area contributed by atoms with E-state index < -0.39 is 0 Å². The van der Waals surface area contributed by atoms with Gasteiger partial charge in [0.2, 0.25) is 0 Å². The molecule has 0 spiro atoms. The fraction of sp³-hybridized carbons (Fsp3) is 0.625. The van der Waals surface area contributed by atoms with Gasteiger partial charge in [-0.25, -0.2) is 0 Å². The van der Waals surface area contributed by atoms with Gasteiger partial charge in [0.05, 0.1) is 0 Å². The molecule has 2 N–H and O–H groups in total. The topological polar surface area (TPSA) is 26.0 Å². The van der Waals surface area contributed by atoms with Gasteiger partial charge in [-0.3, -0.25) is 0 Å². The van der Waals surface area contributed by atoms with Crippen molar-refractivity contribution >= 4 is 0 Å². The number of nitrogens with two attached hydrogens (primary N) is 1. The van der Waals surface area contributed by atoms with E-state index in [1.54, 1.807) is 5.56 Å². The summed E-state index contributed by atoms with van der Waals surface area (Å²) in [5.41, 5.74) is 8.62. The van der Waals surface area contributed by atoms with Crippen molar-refractivity contribution in [2.45, 2.75) is 57.3 Å². The molecule has 0 amide bonds. The molecule has 0 saturated heterocycles. The number of benzene rings is 1. The second-order valence-corrected chi connectivity index (χ2v) is 5.33. The number of rotatable bonds is 5. The lowest BCUT2D eigenvalue weighted by Gasteiger charge is -2.22. The Labute approximate surface area is 105 Å². The Morgan fingerprint density at radius 3 is 2.65 bits per heavy atom. The van der Waals surface area contributed by atoms with Crippen LogP contribution in [0.1, 0.15) is 62.0 Å². The Morgan fingerprint density at radius 1 is 1.06 bits per heavy atom. The fourth-order valence-corrected chi connectivity index (χ4v) is 2.91. The summed E-state index contributed by atoms with van der Waals surface area (Å²) in [5, 5.41) is 0. The fourth-order valence-electron chi connectivity index (χ4n) is 2.91. The monoisotopic (exact) mass is 231 g/mol. The number of hydrogen-bond donors (Lipinski definition) is 1. The Morgan fingerprint density at radius 2 is 1.88 bits per heavy atom. The Hall–Kier alpha value is -0.820. The molecule has 1 aliphatic rings. The minimum atomic E-state index is 0.822. The Kier molecular flexibility index (Phi) is 5.06. The van der Waals surface area contributed by atoms with Crippen molar-refractivity contribution < 1.29 is 0 Å². The molecule has 0 unspecified atom stereocenters. The van der Waals surface area contributed by atoms with Crippen molar-refractivity contribution in [3.05, 3.63) is 35.4 Å². The van der Waals surface area contributed by atoms with Crippen molar-refractivity contribution in [3.63, 3.8) is 0 Å². The number of unbranched alkanes of at least 4 members (excludes halogenated alkanes) is 1. The highest BCUT2D eigenvalue weighted by Crippen LogP contribution is 2.32. The summed E-state index contributed by atoms with van der Waals surface area (Å²) in [6.45, 7) is 0.822. The van der Waals surface area contributed by atoms with Gasteiger partial charge >= 0.3 is 0 Å². The van der Waals surface area contributed by atoms with Gasteiger partial charge in [0, 0.05) is 0 Å². The second kappa shape index (κ2) is 6.80. The van der Waals surface area contributed by atoms with Gasteiger partial charge in [-0.2, -0.15) is 0 Å². The quantitative estimate of drug-likeness (QED) is 0.761. The van der Waals surface area contributed by atoms with E-state index in [0.29, 0.717) is 0 Å². The van der Waals surface area contributed by atoms with E-state index in [9.17, 15) is 0 Å². The average molecular weight is 231 g/mol. The summed E-state index contributed by atoms with van der Waals surface area (Å²) in [5.74, 6) is 0.832. The van der Waals surface area contributed by atoms with Crippen molar-refractivity contribution in [3.8, 4) is 0 Å². The SMILES string of the molecule is NCCCCc1cccc(C2CCCCC2)c1. The lowest BCUT2D eigenvalue weighted by molar-refractivity contribution is 0.443. The molecule has 0 aromatic heterocycles. The average Bonchev–Trinajstić information content (AvgIpc) is 2.41. The molecule has 94 valence electrons. The van der Waals surface area contributed by atoms with Crippen LogP contribution in [0.4, 0.5) is 0 Å². The zero-order valence-electron chi connectivity index (χ0n) is 10.8.